The summed E-state index contributed by atoms with van der Waals surface area (Å²) >= 11 is 0. The third-order valence-electron chi connectivity index (χ3n) is 2.99. The molecular weight excluding hydrogens is 218 g/mol. The minimum absolute atomic E-state index is 0.00106. The van der Waals surface area contributed by atoms with Crippen molar-refractivity contribution in [1.29, 1.82) is 0 Å². The van der Waals surface area contributed by atoms with Crippen LogP contribution >= 0.6 is 0 Å². The molecule has 90 valence electrons. The van der Waals surface area contributed by atoms with Gasteiger partial charge < -0.3 is 9.80 Å². The molecule has 0 unspecified atom stereocenters. The van der Waals surface area contributed by atoms with Gasteiger partial charge in [-0.2, -0.15) is 0 Å². The van der Waals surface area contributed by atoms with Gasteiger partial charge in [-0.25, -0.2) is 0 Å². The van der Waals surface area contributed by atoms with Crippen LogP contribution in [0.2, 0.25) is 0 Å². The van der Waals surface area contributed by atoms with E-state index < -0.39 is 0 Å². The van der Waals surface area contributed by atoms with Crippen molar-refractivity contribution < 1.29 is 9.59 Å². The van der Waals surface area contributed by atoms with Gasteiger partial charge in [0.1, 0.15) is 0 Å². The molecule has 5 nitrogen and oxygen atoms in total. The predicted molar refractivity (Wildman–Crippen MR) is 62.5 cm³/mol. The summed E-state index contributed by atoms with van der Waals surface area (Å²) in [4.78, 5) is 30.3. The summed E-state index contributed by atoms with van der Waals surface area (Å²) in [5.74, 6) is 0.00106. The van der Waals surface area contributed by atoms with Gasteiger partial charge in [0.15, 0.2) is 0 Å². The van der Waals surface area contributed by atoms with Crippen LogP contribution in [-0.4, -0.2) is 53.3 Å². The van der Waals surface area contributed by atoms with E-state index in [1.165, 1.54) is 0 Å². The van der Waals surface area contributed by atoms with Gasteiger partial charge >= 0.3 is 0 Å². The van der Waals surface area contributed by atoms with E-state index >= 15 is 0 Å². The molecule has 5 heteroatoms. The van der Waals surface area contributed by atoms with Crippen molar-refractivity contribution in [3.8, 4) is 0 Å². The fourth-order valence-corrected chi connectivity index (χ4v) is 1.91. The van der Waals surface area contributed by atoms with Crippen molar-refractivity contribution in [2.75, 3.05) is 26.2 Å². The molecule has 1 aromatic heterocycles. The zero-order valence-corrected chi connectivity index (χ0v) is 9.80. The Kier molecular flexibility index (Phi) is 3.37. The average Bonchev–Trinajstić information content (AvgIpc) is 2.39. The summed E-state index contributed by atoms with van der Waals surface area (Å²) in [5, 5.41) is 0. The highest BCUT2D eigenvalue weighted by atomic mass is 16.2. The fourth-order valence-electron chi connectivity index (χ4n) is 1.91. The smallest absolute Gasteiger partial charge is 0.255 e. The zero-order chi connectivity index (χ0) is 12.3. The summed E-state index contributed by atoms with van der Waals surface area (Å²) in [5.41, 5.74) is 1.39. The zero-order valence-electron chi connectivity index (χ0n) is 9.80. The van der Waals surface area contributed by atoms with Crippen LogP contribution in [0.3, 0.4) is 0 Å². The van der Waals surface area contributed by atoms with E-state index in [1.807, 2.05) is 6.92 Å². The normalized spacial score (nSPS) is 15.8. The maximum Gasteiger partial charge on any atom is 0.255 e. The number of carbonyl (C=O) groups excluding carboxylic acids is 2. The highest BCUT2D eigenvalue weighted by Gasteiger charge is 2.22. The monoisotopic (exact) mass is 233 g/mol. The first kappa shape index (κ1) is 11.6. The summed E-state index contributed by atoms with van der Waals surface area (Å²) in [6.45, 7) is 4.22. The quantitative estimate of drug-likeness (QED) is 0.691. The Balaban J connectivity index is 2.07. The standard InChI is InChI=1S/C12H15N3O2/c1-10-11(3-2-4-13-10)12(17)15-7-5-14(9-16)6-8-15/h2-4,9H,5-8H2,1H3. The van der Waals surface area contributed by atoms with Crippen molar-refractivity contribution in [2.45, 2.75) is 6.92 Å². The molecule has 2 amide bonds. The van der Waals surface area contributed by atoms with E-state index in [2.05, 4.69) is 4.98 Å². The number of nitrogens with zero attached hydrogens (tertiary/aromatic N) is 3. The van der Waals surface area contributed by atoms with E-state index in [0.717, 1.165) is 12.1 Å². The van der Waals surface area contributed by atoms with E-state index in [9.17, 15) is 9.59 Å². The molecule has 0 spiro atoms. The molecule has 0 radical (unpaired) electrons. The molecule has 0 atom stereocenters. The Hall–Kier alpha value is -1.91. The van der Waals surface area contributed by atoms with Crippen molar-refractivity contribution in [1.82, 2.24) is 14.8 Å². The molecule has 0 aromatic carbocycles. The Morgan fingerprint density at radius 3 is 2.65 bits per heavy atom. The molecular formula is C12H15N3O2. The molecule has 0 saturated carbocycles. The molecule has 1 saturated heterocycles. The number of hydrogen-bond acceptors (Lipinski definition) is 3. The lowest BCUT2D eigenvalue weighted by Gasteiger charge is -2.32. The Morgan fingerprint density at radius 1 is 1.35 bits per heavy atom. The lowest BCUT2D eigenvalue weighted by atomic mass is 10.1. The van der Waals surface area contributed by atoms with Crippen molar-refractivity contribution in [3.63, 3.8) is 0 Å². The minimum Gasteiger partial charge on any atom is -0.342 e. The van der Waals surface area contributed by atoms with E-state index in [-0.39, 0.29) is 5.91 Å². The van der Waals surface area contributed by atoms with E-state index in [4.69, 9.17) is 0 Å². The summed E-state index contributed by atoms with van der Waals surface area (Å²) in [6.07, 6.45) is 2.51. The maximum atomic E-state index is 12.2. The summed E-state index contributed by atoms with van der Waals surface area (Å²) in [6, 6.07) is 3.55. The molecule has 2 heterocycles. The second kappa shape index (κ2) is 4.95. The van der Waals surface area contributed by atoms with E-state index in [1.54, 1.807) is 28.1 Å². The molecule has 0 N–H and O–H groups in total. The van der Waals surface area contributed by atoms with Crippen LogP contribution in [0, 0.1) is 6.92 Å². The third-order valence-corrected chi connectivity index (χ3v) is 2.99. The average molecular weight is 233 g/mol. The Labute approximate surface area is 100 Å². The molecule has 1 aliphatic heterocycles. The second-order valence-corrected chi connectivity index (χ2v) is 4.07. The SMILES string of the molecule is Cc1ncccc1C(=O)N1CCN(C=O)CC1. The first-order valence-corrected chi connectivity index (χ1v) is 5.62. The fraction of sp³-hybridized carbons (Fsp3) is 0.417. The topological polar surface area (TPSA) is 53.5 Å². The molecule has 1 aliphatic rings. The van der Waals surface area contributed by atoms with Crippen molar-refractivity contribution >= 4 is 12.3 Å². The second-order valence-electron chi connectivity index (χ2n) is 4.07. The lowest BCUT2D eigenvalue weighted by Crippen LogP contribution is -2.48. The number of hydrogen-bond donors (Lipinski definition) is 0. The summed E-state index contributed by atoms with van der Waals surface area (Å²) in [7, 11) is 0. The first-order valence-electron chi connectivity index (χ1n) is 5.62. The number of carbonyl (C=O) groups is 2. The maximum absolute atomic E-state index is 12.2. The van der Waals surface area contributed by atoms with Gasteiger partial charge in [-0.05, 0) is 19.1 Å². The van der Waals surface area contributed by atoms with Gasteiger partial charge in [0, 0.05) is 38.1 Å². The van der Waals surface area contributed by atoms with Crippen molar-refractivity contribution in [2.24, 2.45) is 0 Å². The molecule has 17 heavy (non-hydrogen) atoms. The van der Waals surface area contributed by atoms with Gasteiger partial charge in [-0.3, -0.25) is 14.6 Å². The van der Waals surface area contributed by atoms with Crippen LogP contribution in [0.25, 0.3) is 0 Å². The van der Waals surface area contributed by atoms with Gasteiger partial charge in [-0.15, -0.1) is 0 Å². The number of rotatable bonds is 2. The number of piperazine rings is 1. The molecule has 0 aliphatic carbocycles. The third kappa shape index (κ3) is 2.43. The Bertz CT molecular complexity index is 426. The lowest BCUT2D eigenvalue weighted by molar-refractivity contribution is -0.119. The van der Waals surface area contributed by atoms with Crippen LogP contribution in [0.15, 0.2) is 18.3 Å². The van der Waals surface area contributed by atoms with E-state index in [0.29, 0.717) is 31.7 Å². The molecule has 1 fully saturated rings. The highest BCUT2D eigenvalue weighted by Crippen LogP contribution is 2.10. The van der Waals surface area contributed by atoms with Crippen LogP contribution < -0.4 is 0 Å². The first-order chi connectivity index (χ1) is 8.22. The number of aromatic nitrogens is 1. The van der Waals surface area contributed by atoms with Gasteiger partial charge in [0.05, 0.1) is 5.56 Å². The largest absolute Gasteiger partial charge is 0.342 e. The summed E-state index contributed by atoms with van der Waals surface area (Å²) < 4.78 is 0. The highest BCUT2D eigenvalue weighted by molar-refractivity contribution is 5.95. The predicted octanol–water partition coefficient (Wildman–Crippen LogP) is 0.304. The number of aryl methyl sites for hydroxylation is 1. The van der Waals surface area contributed by atoms with Crippen LogP contribution in [0.5, 0.6) is 0 Å². The molecule has 2 rings (SSSR count). The van der Waals surface area contributed by atoms with Crippen LogP contribution in [0.4, 0.5) is 0 Å². The molecule has 1 aromatic rings. The molecule has 0 bridgehead atoms. The number of amides is 2. The Morgan fingerprint density at radius 2 is 2.06 bits per heavy atom. The number of pyridine rings is 1. The van der Waals surface area contributed by atoms with Gasteiger partial charge in [0.2, 0.25) is 6.41 Å². The van der Waals surface area contributed by atoms with Gasteiger partial charge in [-0.1, -0.05) is 0 Å². The van der Waals surface area contributed by atoms with Crippen LogP contribution in [-0.2, 0) is 4.79 Å². The van der Waals surface area contributed by atoms with Gasteiger partial charge in [0.25, 0.3) is 5.91 Å². The van der Waals surface area contributed by atoms with Crippen molar-refractivity contribution in [3.05, 3.63) is 29.6 Å². The minimum atomic E-state index is 0.00106. The van der Waals surface area contributed by atoms with Crippen LogP contribution in [0.1, 0.15) is 16.1 Å².